The van der Waals surface area contributed by atoms with Crippen molar-refractivity contribution in [1.82, 2.24) is 0 Å². The third kappa shape index (κ3) is 7.00. The van der Waals surface area contributed by atoms with Crippen LogP contribution < -0.4 is 9.47 Å². The summed E-state index contributed by atoms with van der Waals surface area (Å²) in [5.74, 6) is 1.83. The van der Waals surface area contributed by atoms with Crippen molar-refractivity contribution >= 4 is 54.9 Å². The highest BCUT2D eigenvalue weighted by atomic mass is 127. The topological polar surface area (TPSA) is 18.5 Å². The Labute approximate surface area is 268 Å². The predicted octanol–water partition coefficient (Wildman–Crippen LogP) is 11.4. The molecule has 43 heavy (non-hydrogen) atoms. The SMILES string of the molecule is COc1ccc(C)c(C)c1.COc1ccc2c3ccccc3c3ccccc3c2c1.Ic1ccccc1-c1ccccc1. The number of fused-ring (bicyclic) bond motifs is 6. The molecule has 0 aliphatic heterocycles. The molecule has 0 aliphatic carbocycles. The predicted molar refractivity (Wildman–Crippen MR) is 193 cm³/mol. The Kier molecular flexibility index (Phi) is 9.96. The number of hydrogen-bond acceptors (Lipinski definition) is 2. The summed E-state index contributed by atoms with van der Waals surface area (Å²) in [5.41, 5.74) is 5.18. The first-order valence-electron chi connectivity index (χ1n) is 14.3. The van der Waals surface area contributed by atoms with Crippen LogP contribution in [0.25, 0.3) is 43.4 Å². The number of aryl methyl sites for hydroxylation is 2. The van der Waals surface area contributed by atoms with E-state index in [9.17, 15) is 0 Å². The van der Waals surface area contributed by atoms with Crippen molar-refractivity contribution in [3.05, 3.63) is 154 Å². The molecule has 0 bridgehead atoms. The van der Waals surface area contributed by atoms with Gasteiger partial charge in [0.15, 0.2) is 0 Å². The van der Waals surface area contributed by atoms with E-state index in [0.29, 0.717) is 0 Å². The van der Waals surface area contributed by atoms with Gasteiger partial charge in [-0.3, -0.25) is 0 Å². The summed E-state index contributed by atoms with van der Waals surface area (Å²) in [4.78, 5) is 0. The van der Waals surface area contributed by atoms with Gasteiger partial charge in [-0.1, -0.05) is 109 Å². The smallest absolute Gasteiger partial charge is 0.119 e. The van der Waals surface area contributed by atoms with Gasteiger partial charge in [0.2, 0.25) is 0 Å². The molecule has 0 saturated carbocycles. The fourth-order valence-electron chi connectivity index (χ4n) is 5.17. The minimum atomic E-state index is 0.901. The molecule has 0 amide bonds. The molecule has 7 rings (SSSR count). The van der Waals surface area contributed by atoms with Gasteiger partial charge >= 0.3 is 0 Å². The van der Waals surface area contributed by atoms with Crippen molar-refractivity contribution in [2.45, 2.75) is 13.8 Å². The van der Waals surface area contributed by atoms with E-state index < -0.39 is 0 Å². The van der Waals surface area contributed by atoms with Crippen LogP contribution in [0.4, 0.5) is 0 Å². The molecule has 0 fully saturated rings. The van der Waals surface area contributed by atoms with E-state index in [0.717, 1.165) is 11.5 Å². The van der Waals surface area contributed by atoms with E-state index in [1.165, 1.54) is 58.1 Å². The maximum absolute atomic E-state index is 5.38. The first kappa shape index (κ1) is 30.1. The van der Waals surface area contributed by atoms with E-state index in [1.807, 2.05) is 24.3 Å². The molecule has 0 radical (unpaired) electrons. The Morgan fingerprint density at radius 1 is 0.419 bits per heavy atom. The third-order valence-corrected chi connectivity index (χ3v) is 8.56. The quantitative estimate of drug-likeness (QED) is 0.137. The summed E-state index contributed by atoms with van der Waals surface area (Å²) in [7, 11) is 3.40. The number of benzene rings is 7. The highest BCUT2D eigenvalue weighted by molar-refractivity contribution is 14.1. The van der Waals surface area contributed by atoms with Crippen LogP contribution in [0.2, 0.25) is 0 Å². The molecule has 0 aliphatic rings. The van der Waals surface area contributed by atoms with Gasteiger partial charge in [-0.05, 0) is 121 Å². The second-order valence-corrected chi connectivity index (χ2v) is 11.5. The minimum Gasteiger partial charge on any atom is -0.497 e. The van der Waals surface area contributed by atoms with E-state index in [4.69, 9.17) is 9.47 Å². The zero-order valence-electron chi connectivity index (χ0n) is 25.0. The number of methoxy groups -OCH3 is 2. The number of halogens is 1. The van der Waals surface area contributed by atoms with Crippen LogP contribution in [-0.4, -0.2) is 14.2 Å². The van der Waals surface area contributed by atoms with Gasteiger partial charge in [0, 0.05) is 3.57 Å². The molecule has 0 spiro atoms. The van der Waals surface area contributed by atoms with Crippen molar-refractivity contribution in [3.63, 3.8) is 0 Å². The maximum atomic E-state index is 5.38. The molecular formula is C40H35IO2. The van der Waals surface area contributed by atoms with Crippen LogP contribution in [0.15, 0.2) is 140 Å². The molecule has 3 heteroatoms. The summed E-state index contributed by atoms with van der Waals surface area (Å²) >= 11 is 2.36. The number of hydrogen-bond donors (Lipinski definition) is 0. The lowest BCUT2D eigenvalue weighted by Gasteiger charge is -2.11. The summed E-state index contributed by atoms with van der Waals surface area (Å²) in [6.07, 6.45) is 0. The van der Waals surface area contributed by atoms with Gasteiger partial charge in [0.25, 0.3) is 0 Å². The van der Waals surface area contributed by atoms with Crippen LogP contribution >= 0.6 is 22.6 Å². The average Bonchev–Trinajstić information content (AvgIpc) is 3.07. The lowest BCUT2D eigenvalue weighted by atomic mass is 9.94. The molecule has 7 aromatic rings. The monoisotopic (exact) mass is 674 g/mol. The first-order valence-corrected chi connectivity index (χ1v) is 15.4. The van der Waals surface area contributed by atoms with Crippen molar-refractivity contribution in [2.24, 2.45) is 0 Å². The summed E-state index contributed by atoms with van der Waals surface area (Å²) in [6, 6.07) is 48.4. The third-order valence-electron chi connectivity index (χ3n) is 7.62. The molecule has 0 saturated heterocycles. The lowest BCUT2D eigenvalue weighted by Crippen LogP contribution is -1.85. The Morgan fingerprint density at radius 3 is 1.44 bits per heavy atom. The van der Waals surface area contributed by atoms with Crippen molar-refractivity contribution < 1.29 is 9.47 Å². The minimum absolute atomic E-state index is 0.901. The van der Waals surface area contributed by atoms with Crippen LogP contribution in [0.3, 0.4) is 0 Å². The van der Waals surface area contributed by atoms with E-state index in [-0.39, 0.29) is 0 Å². The zero-order valence-corrected chi connectivity index (χ0v) is 27.1. The molecule has 0 atom stereocenters. The lowest BCUT2D eigenvalue weighted by molar-refractivity contribution is 0.414. The van der Waals surface area contributed by atoms with Crippen molar-refractivity contribution in [1.29, 1.82) is 0 Å². The molecule has 0 aromatic heterocycles. The molecule has 0 N–H and O–H groups in total. The van der Waals surface area contributed by atoms with E-state index in [1.54, 1.807) is 14.2 Å². The van der Waals surface area contributed by atoms with E-state index >= 15 is 0 Å². The highest BCUT2D eigenvalue weighted by Gasteiger charge is 2.08. The summed E-state index contributed by atoms with van der Waals surface area (Å²) in [5, 5.41) is 7.70. The van der Waals surface area contributed by atoms with Gasteiger partial charge in [-0.25, -0.2) is 0 Å². The Bertz CT molecular complexity index is 1940. The molecular weight excluding hydrogens is 639 g/mol. The average molecular weight is 675 g/mol. The van der Waals surface area contributed by atoms with Crippen molar-refractivity contribution in [2.75, 3.05) is 14.2 Å². The molecule has 7 aromatic carbocycles. The molecule has 0 unspecified atom stereocenters. The second-order valence-electron chi connectivity index (χ2n) is 10.3. The standard InChI is InChI=1S/C19H14O.C12H9I.C9H12O/c1-20-13-10-11-18-16-8-3-2-6-14(16)15-7-4-5-9-17(15)19(18)12-13;13-12-9-5-4-8-11(12)10-6-2-1-3-7-10;1-7-4-5-9(10-3)6-8(7)2/h2-12H,1H3;1-9H;4-6H,1-3H3. The van der Waals surface area contributed by atoms with Crippen LogP contribution in [0, 0.1) is 17.4 Å². The first-order chi connectivity index (χ1) is 21.0. The van der Waals surface area contributed by atoms with Crippen molar-refractivity contribution in [3.8, 4) is 22.6 Å². The second kappa shape index (κ2) is 14.2. The fraction of sp³-hybridized carbons (Fsp3) is 0.100. The van der Waals surface area contributed by atoms with Crippen LogP contribution in [-0.2, 0) is 0 Å². The van der Waals surface area contributed by atoms with Gasteiger partial charge in [-0.15, -0.1) is 0 Å². The highest BCUT2D eigenvalue weighted by Crippen LogP contribution is 2.36. The molecule has 0 heterocycles. The maximum Gasteiger partial charge on any atom is 0.119 e. The van der Waals surface area contributed by atoms with E-state index in [2.05, 4.69) is 152 Å². The van der Waals surface area contributed by atoms with Crippen LogP contribution in [0.1, 0.15) is 11.1 Å². The number of ether oxygens (including phenoxy) is 2. The Morgan fingerprint density at radius 2 is 0.884 bits per heavy atom. The normalized spacial score (nSPS) is 10.4. The van der Waals surface area contributed by atoms with Gasteiger partial charge in [0.05, 0.1) is 14.2 Å². The summed E-state index contributed by atoms with van der Waals surface area (Å²) in [6.45, 7) is 4.17. The van der Waals surface area contributed by atoms with Gasteiger partial charge in [-0.2, -0.15) is 0 Å². The molecule has 2 nitrogen and oxygen atoms in total. The zero-order chi connectivity index (χ0) is 30.2. The summed E-state index contributed by atoms with van der Waals surface area (Å²) < 4.78 is 11.7. The molecule has 214 valence electrons. The largest absolute Gasteiger partial charge is 0.497 e. The Balaban J connectivity index is 0.000000139. The number of rotatable bonds is 3. The van der Waals surface area contributed by atoms with Gasteiger partial charge < -0.3 is 9.47 Å². The Hall–Kier alpha value is -4.35. The fourth-order valence-corrected chi connectivity index (χ4v) is 5.87. The van der Waals surface area contributed by atoms with Gasteiger partial charge in [0.1, 0.15) is 11.5 Å². The van der Waals surface area contributed by atoms with Crippen LogP contribution in [0.5, 0.6) is 11.5 Å².